The summed E-state index contributed by atoms with van der Waals surface area (Å²) in [7, 11) is 0. The first-order valence-electron chi connectivity index (χ1n) is 7.34. The number of aliphatic hydroxyl groups is 1. The lowest BCUT2D eigenvalue weighted by Gasteiger charge is -2.31. The zero-order valence-corrected chi connectivity index (χ0v) is 12.6. The summed E-state index contributed by atoms with van der Waals surface area (Å²) in [6.07, 6.45) is 1.30. The van der Waals surface area contributed by atoms with Crippen LogP contribution in [-0.4, -0.2) is 31.1 Å². The number of hydrogen-bond donors (Lipinski definition) is 3. The van der Waals surface area contributed by atoms with Gasteiger partial charge in [0.25, 0.3) is 5.56 Å². The van der Waals surface area contributed by atoms with E-state index in [4.69, 9.17) is 0 Å². The summed E-state index contributed by atoms with van der Waals surface area (Å²) in [6.45, 7) is 4.02. The second kappa shape index (κ2) is 5.84. The van der Waals surface area contributed by atoms with Crippen molar-refractivity contribution in [1.29, 1.82) is 0 Å². The van der Waals surface area contributed by atoms with Crippen molar-refractivity contribution in [3.63, 3.8) is 0 Å². The summed E-state index contributed by atoms with van der Waals surface area (Å²) in [5, 5.41) is 12.6. The molecule has 0 unspecified atom stereocenters. The van der Waals surface area contributed by atoms with Crippen molar-refractivity contribution >= 4 is 5.82 Å². The summed E-state index contributed by atoms with van der Waals surface area (Å²) >= 11 is 0. The van der Waals surface area contributed by atoms with Gasteiger partial charge in [0.05, 0.1) is 12.6 Å². The van der Waals surface area contributed by atoms with Crippen LogP contribution in [0, 0.1) is 13.8 Å². The molecule has 0 saturated heterocycles. The maximum Gasteiger partial charge on any atom is 0.251 e. The first kappa shape index (κ1) is 14.6. The van der Waals surface area contributed by atoms with E-state index in [0.717, 1.165) is 18.5 Å². The molecule has 1 aliphatic rings. The highest BCUT2D eigenvalue weighted by Crippen LogP contribution is 2.36. The molecule has 3 N–H and O–H groups in total. The van der Waals surface area contributed by atoms with Crippen LogP contribution in [0.15, 0.2) is 16.9 Å². The average molecular weight is 301 g/mol. The second-order valence-corrected chi connectivity index (χ2v) is 5.73. The molecule has 3 rings (SSSR count). The van der Waals surface area contributed by atoms with Crippen molar-refractivity contribution in [2.45, 2.75) is 45.3 Å². The van der Waals surface area contributed by atoms with Crippen LogP contribution < -0.4 is 10.9 Å². The normalized spacial score (nSPS) is 20.5. The lowest BCUT2D eigenvalue weighted by atomic mass is 9.80. The predicted molar refractivity (Wildman–Crippen MR) is 81.7 cm³/mol. The molecule has 22 heavy (non-hydrogen) atoms. The maximum atomic E-state index is 11.4. The van der Waals surface area contributed by atoms with Gasteiger partial charge in [0.1, 0.15) is 17.5 Å². The van der Waals surface area contributed by atoms with Gasteiger partial charge in [-0.25, -0.2) is 15.0 Å². The summed E-state index contributed by atoms with van der Waals surface area (Å²) in [4.78, 5) is 27.2. The molecule has 0 atom stereocenters. The number of H-pyrrole nitrogens is 1. The molecule has 2 aromatic rings. The van der Waals surface area contributed by atoms with Crippen LogP contribution in [-0.2, 0) is 6.54 Å². The molecule has 0 aromatic carbocycles. The van der Waals surface area contributed by atoms with Crippen molar-refractivity contribution in [2.24, 2.45) is 0 Å². The SMILES string of the molecule is Cc1cc(=O)[nH]c(CNc2cc(C3CC(O)C3)nc(C)n2)n1. The molecule has 2 aromatic heterocycles. The van der Waals surface area contributed by atoms with E-state index in [1.807, 2.05) is 13.0 Å². The Bertz CT molecular complexity index is 737. The fraction of sp³-hybridized carbons (Fsp3) is 0.467. The highest BCUT2D eigenvalue weighted by atomic mass is 16.3. The van der Waals surface area contributed by atoms with Crippen LogP contribution in [0.4, 0.5) is 5.82 Å². The van der Waals surface area contributed by atoms with Gasteiger partial charge in [0, 0.05) is 29.4 Å². The third kappa shape index (κ3) is 3.30. The molecule has 7 nitrogen and oxygen atoms in total. The van der Waals surface area contributed by atoms with Gasteiger partial charge in [-0.15, -0.1) is 0 Å². The minimum atomic E-state index is -0.210. The van der Waals surface area contributed by atoms with E-state index in [9.17, 15) is 9.90 Å². The number of aromatic amines is 1. The van der Waals surface area contributed by atoms with Crippen molar-refractivity contribution in [3.8, 4) is 0 Å². The molecule has 0 amide bonds. The highest BCUT2D eigenvalue weighted by Gasteiger charge is 2.30. The fourth-order valence-corrected chi connectivity index (χ4v) is 2.62. The third-order valence-corrected chi connectivity index (χ3v) is 3.74. The lowest BCUT2D eigenvalue weighted by Crippen LogP contribution is -2.27. The van der Waals surface area contributed by atoms with Crippen LogP contribution in [0.3, 0.4) is 0 Å². The molecular weight excluding hydrogens is 282 g/mol. The van der Waals surface area contributed by atoms with Gasteiger partial charge in [-0.3, -0.25) is 4.79 Å². The molecule has 2 heterocycles. The number of hydrogen-bond acceptors (Lipinski definition) is 6. The molecule has 0 aliphatic heterocycles. The number of aryl methyl sites for hydroxylation is 2. The minimum Gasteiger partial charge on any atom is -0.393 e. The first-order valence-corrected chi connectivity index (χ1v) is 7.34. The Kier molecular flexibility index (Phi) is 3.89. The smallest absolute Gasteiger partial charge is 0.251 e. The summed E-state index contributed by atoms with van der Waals surface area (Å²) < 4.78 is 0. The number of nitrogens with zero attached hydrogens (tertiary/aromatic N) is 3. The van der Waals surface area contributed by atoms with Gasteiger partial charge in [0.15, 0.2) is 0 Å². The number of rotatable bonds is 4. The zero-order valence-electron chi connectivity index (χ0n) is 12.6. The maximum absolute atomic E-state index is 11.4. The van der Waals surface area contributed by atoms with Gasteiger partial charge in [0.2, 0.25) is 0 Å². The van der Waals surface area contributed by atoms with E-state index in [1.165, 1.54) is 6.07 Å². The number of anilines is 1. The van der Waals surface area contributed by atoms with Gasteiger partial charge >= 0.3 is 0 Å². The third-order valence-electron chi connectivity index (χ3n) is 3.74. The first-order chi connectivity index (χ1) is 10.5. The Balaban J connectivity index is 1.73. The summed E-state index contributed by atoms with van der Waals surface area (Å²) in [6, 6.07) is 3.36. The van der Waals surface area contributed by atoms with Crippen molar-refractivity contribution in [3.05, 3.63) is 45.5 Å². The Hall–Kier alpha value is -2.28. The Morgan fingerprint density at radius 1 is 1.27 bits per heavy atom. The Morgan fingerprint density at radius 3 is 2.73 bits per heavy atom. The topological polar surface area (TPSA) is 104 Å². The average Bonchev–Trinajstić information content (AvgIpc) is 2.40. The van der Waals surface area contributed by atoms with Crippen LogP contribution in [0.2, 0.25) is 0 Å². The predicted octanol–water partition coefficient (Wildman–Crippen LogP) is 1.03. The van der Waals surface area contributed by atoms with Crippen LogP contribution in [0.25, 0.3) is 0 Å². The molecule has 0 radical (unpaired) electrons. The number of aromatic nitrogens is 4. The van der Waals surface area contributed by atoms with E-state index in [-0.39, 0.29) is 11.7 Å². The fourth-order valence-electron chi connectivity index (χ4n) is 2.62. The van der Waals surface area contributed by atoms with Gasteiger partial charge in [-0.1, -0.05) is 0 Å². The molecule has 7 heteroatoms. The number of nitrogens with one attached hydrogen (secondary N) is 2. The standard InChI is InChI=1S/C15H19N5O2/c1-8-3-15(22)20-14(17-8)7-16-13-6-12(18-9(2)19-13)10-4-11(21)5-10/h3,6,10-11,21H,4-5,7H2,1-2H3,(H,16,18,19)(H,17,20,22). The van der Waals surface area contributed by atoms with E-state index < -0.39 is 0 Å². The molecular formula is C15H19N5O2. The van der Waals surface area contributed by atoms with E-state index in [1.54, 1.807) is 6.92 Å². The lowest BCUT2D eigenvalue weighted by molar-refractivity contribution is 0.0731. The molecule has 0 spiro atoms. The molecule has 1 saturated carbocycles. The van der Waals surface area contributed by atoms with Crippen molar-refractivity contribution < 1.29 is 5.11 Å². The Morgan fingerprint density at radius 2 is 2.05 bits per heavy atom. The minimum absolute atomic E-state index is 0.160. The Labute approximate surface area is 127 Å². The second-order valence-electron chi connectivity index (χ2n) is 5.73. The molecule has 1 aliphatic carbocycles. The van der Waals surface area contributed by atoms with Gasteiger partial charge in [-0.05, 0) is 26.7 Å². The highest BCUT2D eigenvalue weighted by molar-refractivity contribution is 5.37. The van der Waals surface area contributed by atoms with E-state index >= 15 is 0 Å². The number of aliphatic hydroxyl groups excluding tert-OH is 1. The van der Waals surface area contributed by atoms with E-state index in [2.05, 4.69) is 25.3 Å². The van der Waals surface area contributed by atoms with Crippen LogP contribution in [0.5, 0.6) is 0 Å². The van der Waals surface area contributed by atoms with Crippen molar-refractivity contribution in [2.75, 3.05) is 5.32 Å². The zero-order chi connectivity index (χ0) is 15.7. The van der Waals surface area contributed by atoms with Gasteiger partial charge < -0.3 is 15.4 Å². The molecule has 0 bridgehead atoms. The quantitative estimate of drug-likeness (QED) is 0.779. The monoisotopic (exact) mass is 301 g/mol. The van der Waals surface area contributed by atoms with Crippen molar-refractivity contribution in [1.82, 2.24) is 19.9 Å². The summed E-state index contributed by atoms with van der Waals surface area (Å²) in [5.74, 6) is 2.26. The molecule has 1 fully saturated rings. The summed E-state index contributed by atoms with van der Waals surface area (Å²) in [5.41, 5.74) is 1.47. The van der Waals surface area contributed by atoms with Gasteiger partial charge in [-0.2, -0.15) is 0 Å². The largest absolute Gasteiger partial charge is 0.393 e. The van der Waals surface area contributed by atoms with Crippen LogP contribution in [0.1, 0.15) is 41.8 Å². The van der Waals surface area contributed by atoms with Crippen LogP contribution >= 0.6 is 0 Å². The van der Waals surface area contributed by atoms with E-state index in [0.29, 0.717) is 35.6 Å². The molecule has 116 valence electrons.